The van der Waals surface area contributed by atoms with Crippen molar-refractivity contribution in [3.63, 3.8) is 0 Å². The number of halogens is 1. The van der Waals surface area contributed by atoms with Crippen LogP contribution in [0.3, 0.4) is 0 Å². The summed E-state index contributed by atoms with van der Waals surface area (Å²) in [6.07, 6.45) is 1.66. The highest BCUT2D eigenvalue weighted by Crippen LogP contribution is 2.22. The van der Waals surface area contributed by atoms with E-state index in [4.69, 9.17) is 13.9 Å². The standard InChI is InChI=1S/C19H24N2O4.ClH/c1-2-24-16-6-3-5-15(13-16)19(22)20-14-17(18-7-4-10-25-18)21-8-11-23-12-9-21;/h3-7,10,13,17H,2,8-9,11-12,14H2,1H3,(H,20,22);1H. The van der Waals surface area contributed by atoms with Crippen LogP contribution in [0.2, 0.25) is 0 Å². The number of amides is 1. The summed E-state index contributed by atoms with van der Waals surface area (Å²) in [6, 6.07) is 11.0. The molecule has 1 aromatic heterocycles. The smallest absolute Gasteiger partial charge is 0.251 e. The molecule has 1 amide bonds. The van der Waals surface area contributed by atoms with Crippen molar-refractivity contribution >= 4 is 18.3 Å². The van der Waals surface area contributed by atoms with Crippen molar-refractivity contribution in [1.29, 1.82) is 0 Å². The van der Waals surface area contributed by atoms with Gasteiger partial charge in [-0.25, -0.2) is 0 Å². The van der Waals surface area contributed by atoms with Crippen molar-refractivity contribution in [2.24, 2.45) is 0 Å². The van der Waals surface area contributed by atoms with Crippen LogP contribution in [-0.2, 0) is 4.74 Å². The zero-order chi connectivity index (χ0) is 17.5. The zero-order valence-electron chi connectivity index (χ0n) is 14.8. The molecule has 1 aliphatic rings. The first-order chi connectivity index (χ1) is 12.3. The molecule has 1 N–H and O–H groups in total. The topological polar surface area (TPSA) is 63.9 Å². The van der Waals surface area contributed by atoms with Crippen LogP contribution in [0.4, 0.5) is 0 Å². The predicted octanol–water partition coefficient (Wildman–Crippen LogP) is 2.90. The number of carbonyl (C=O) groups excluding carboxylic acids is 1. The number of rotatable bonds is 7. The second-order valence-electron chi connectivity index (χ2n) is 5.85. The molecule has 1 fully saturated rings. The van der Waals surface area contributed by atoms with Crippen molar-refractivity contribution in [3.05, 3.63) is 54.0 Å². The second kappa shape index (κ2) is 10.2. The van der Waals surface area contributed by atoms with Crippen LogP contribution in [0.5, 0.6) is 5.75 Å². The summed E-state index contributed by atoms with van der Waals surface area (Å²) < 4.78 is 16.5. The molecule has 142 valence electrons. The van der Waals surface area contributed by atoms with E-state index in [2.05, 4.69) is 10.2 Å². The fraction of sp³-hybridized carbons (Fsp3) is 0.421. The van der Waals surface area contributed by atoms with Crippen LogP contribution < -0.4 is 10.1 Å². The summed E-state index contributed by atoms with van der Waals surface area (Å²) >= 11 is 0. The molecule has 6 nitrogen and oxygen atoms in total. The maximum Gasteiger partial charge on any atom is 0.251 e. The van der Waals surface area contributed by atoms with Crippen LogP contribution >= 0.6 is 12.4 Å². The number of nitrogens with one attached hydrogen (secondary N) is 1. The number of nitrogens with zero attached hydrogens (tertiary/aromatic N) is 1. The van der Waals surface area contributed by atoms with E-state index < -0.39 is 0 Å². The van der Waals surface area contributed by atoms with Crippen molar-refractivity contribution in [3.8, 4) is 5.75 Å². The normalized spacial score (nSPS) is 15.7. The summed E-state index contributed by atoms with van der Waals surface area (Å²) in [5.74, 6) is 1.43. The van der Waals surface area contributed by atoms with Gasteiger partial charge < -0.3 is 19.2 Å². The predicted molar refractivity (Wildman–Crippen MR) is 101 cm³/mol. The molecule has 0 aliphatic carbocycles. The van der Waals surface area contributed by atoms with Crippen molar-refractivity contribution in [2.75, 3.05) is 39.5 Å². The summed E-state index contributed by atoms with van der Waals surface area (Å²) in [5.41, 5.74) is 0.589. The fourth-order valence-electron chi connectivity index (χ4n) is 2.96. The Kier molecular flexibility index (Phi) is 7.97. The molecule has 1 atom stereocenters. The van der Waals surface area contributed by atoms with Gasteiger partial charge in [0.1, 0.15) is 11.5 Å². The molecule has 2 aromatic rings. The maximum absolute atomic E-state index is 12.5. The van der Waals surface area contributed by atoms with E-state index in [0.29, 0.717) is 37.7 Å². The van der Waals surface area contributed by atoms with E-state index in [9.17, 15) is 4.79 Å². The lowest BCUT2D eigenvalue weighted by atomic mass is 10.1. The Bertz CT molecular complexity index is 672. The molecule has 0 bridgehead atoms. The highest BCUT2D eigenvalue weighted by molar-refractivity contribution is 5.94. The van der Waals surface area contributed by atoms with Gasteiger partial charge in [0, 0.05) is 25.2 Å². The monoisotopic (exact) mass is 380 g/mol. The minimum absolute atomic E-state index is 0. The Morgan fingerprint density at radius 3 is 2.77 bits per heavy atom. The Labute approximate surface area is 159 Å². The minimum Gasteiger partial charge on any atom is -0.494 e. The first-order valence-electron chi connectivity index (χ1n) is 8.64. The number of furan rings is 1. The van der Waals surface area contributed by atoms with E-state index in [-0.39, 0.29) is 24.4 Å². The van der Waals surface area contributed by atoms with E-state index in [1.165, 1.54) is 0 Å². The summed E-state index contributed by atoms with van der Waals surface area (Å²) in [4.78, 5) is 14.8. The second-order valence-corrected chi connectivity index (χ2v) is 5.85. The van der Waals surface area contributed by atoms with Crippen molar-refractivity contribution < 1.29 is 18.7 Å². The number of ether oxygens (including phenoxy) is 2. The molecule has 0 radical (unpaired) electrons. The van der Waals surface area contributed by atoms with E-state index in [0.717, 1.165) is 18.8 Å². The Balaban J connectivity index is 0.00000243. The van der Waals surface area contributed by atoms with Gasteiger partial charge in [0.25, 0.3) is 5.91 Å². The van der Waals surface area contributed by atoms with Gasteiger partial charge in [0.05, 0.1) is 32.1 Å². The van der Waals surface area contributed by atoms with Gasteiger partial charge in [-0.15, -0.1) is 12.4 Å². The first kappa shape index (κ1) is 20.3. The van der Waals surface area contributed by atoms with Crippen molar-refractivity contribution in [1.82, 2.24) is 10.2 Å². The zero-order valence-corrected chi connectivity index (χ0v) is 15.7. The average Bonchev–Trinajstić information content (AvgIpc) is 3.18. The molecule has 1 saturated heterocycles. The molecule has 1 aromatic carbocycles. The average molecular weight is 381 g/mol. The van der Waals surface area contributed by atoms with Crippen molar-refractivity contribution in [2.45, 2.75) is 13.0 Å². The Morgan fingerprint density at radius 2 is 2.08 bits per heavy atom. The number of hydrogen-bond donors (Lipinski definition) is 1. The highest BCUT2D eigenvalue weighted by atomic mass is 35.5. The number of hydrogen-bond acceptors (Lipinski definition) is 5. The fourth-order valence-corrected chi connectivity index (χ4v) is 2.96. The Hall–Kier alpha value is -2.02. The SMILES string of the molecule is CCOc1cccc(C(=O)NCC(c2ccco2)N2CCOCC2)c1.Cl. The number of carbonyl (C=O) groups is 1. The third-order valence-electron chi connectivity index (χ3n) is 4.22. The molecule has 2 heterocycles. The van der Waals surface area contributed by atoms with Crippen LogP contribution in [0.15, 0.2) is 47.1 Å². The van der Waals surface area contributed by atoms with Gasteiger partial charge in [-0.05, 0) is 37.3 Å². The maximum atomic E-state index is 12.5. The summed E-state index contributed by atoms with van der Waals surface area (Å²) in [7, 11) is 0. The molecular weight excluding hydrogens is 356 g/mol. The molecule has 0 saturated carbocycles. The van der Waals surface area contributed by atoms with Gasteiger partial charge in [0.15, 0.2) is 0 Å². The van der Waals surface area contributed by atoms with Gasteiger partial charge in [-0.1, -0.05) is 6.07 Å². The van der Waals surface area contributed by atoms with Gasteiger partial charge in [0.2, 0.25) is 0 Å². The van der Waals surface area contributed by atoms with Crippen LogP contribution in [0, 0.1) is 0 Å². The molecule has 1 unspecified atom stereocenters. The van der Waals surface area contributed by atoms with Crippen LogP contribution in [0.1, 0.15) is 29.1 Å². The van der Waals surface area contributed by atoms with E-state index >= 15 is 0 Å². The lowest BCUT2D eigenvalue weighted by Crippen LogP contribution is -2.43. The summed E-state index contributed by atoms with van der Waals surface area (Å²) in [5, 5.41) is 3.02. The van der Waals surface area contributed by atoms with E-state index in [1.54, 1.807) is 18.4 Å². The number of morpholine rings is 1. The van der Waals surface area contributed by atoms with Crippen LogP contribution in [0.25, 0.3) is 0 Å². The third kappa shape index (κ3) is 5.24. The quantitative estimate of drug-likeness (QED) is 0.800. The lowest BCUT2D eigenvalue weighted by Gasteiger charge is -2.33. The Morgan fingerprint density at radius 1 is 1.27 bits per heavy atom. The highest BCUT2D eigenvalue weighted by Gasteiger charge is 2.25. The van der Waals surface area contributed by atoms with Gasteiger partial charge >= 0.3 is 0 Å². The van der Waals surface area contributed by atoms with E-state index in [1.807, 2.05) is 31.2 Å². The molecule has 7 heteroatoms. The van der Waals surface area contributed by atoms with Gasteiger partial charge in [-0.2, -0.15) is 0 Å². The van der Waals surface area contributed by atoms with Crippen LogP contribution in [-0.4, -0.2) is 50.3 Å². The molecule has 1 aliphatic heterocycles. The minimum atomic E-state index is -0.119. The molecule has 26 heavy (non-hydrogen) atoms. The third-order valence-corrected chi connectivity index (χ3v) is 4.22. The molecule has 0 spiro atoms. The number of benzene rings is 1. The molecule has 3 rings (SSSR count). The lowest BCUT2D eigenvalue weighted by molar-refractivity contribution is 0.0118. The first-order valence-corrected chi connectivity index (χ1v) is 8.64. The summed E-state index contributed by atoms with van der Waals surface area (Å²) in [6.45, 7) is 6.00. The largest absolute Gasteiger partial charge is 0.494 e. The molecular formula is C19H25ClN2O4. The van der Waals surface area contributed by atoms with Gasteiger partial charge in [-0.3, -0.25) is 9.69 Å².